The van der Waals surface area contributed by atoms with Gasteiger partial charge in [0, 0.05) is 13.0 Å². The van der Waals surface area contributed by atoms with E-state index in [1.165, 1.54) is 0 Å². The first-order valence-electron chi connectivity index (χ1n) is 7.90. The van der Waals surface area contributed by atoms with E-state index in [1.807, 2.05) is 0 Å². The first-order valence-corrected chi connectivity index (χ1v) is 9.55. The standard InChI is InChI=1S/C17H25NO5S/c1-4-24(22,23)14-8-5-13(6-9-14)7-10-15(19)18-12-11-17(2,3)16(20)21/h5-6,8-9H,4,7,10-12H2,1-3H3,(H,18,19)(H,20,21). The number of aryl methyl sites for hydroxylation is 1. The zero-order valence-corrected chi connectivity index (χ0v) is 15.1. The molecule has 0 aromatic heterocycles. The summed E-state index contributed by atoms with van der Waals surface area (Å²) < 4.78 is 23.4. The lowest BCUT2D eigenvalue weighted by atomic mass is 9.90. The third-order valence-electron chi connectivity index (χ3n) is 3.95. The topological polar surface area (TPSA) is 101 Å². The zero-order valence-electron chi connectivity index (χ0n) is 14.3. The summed E-state index contributed by atoms with van der Waals surface area (Å²) in [4.78, 5) is 23.0. The van der Waals surface area contributed by atoms with E-state index in [4.69, 9.17) is 5.11 Å². The summed E-state index contributed by atoms with van der Waals surface area (Å²) in [6.07, 6.45) is 1.13. The quantitative estimate of drug-likeness (QED) is 0.706. The molecule has 0 fully saturated rings. The van der Waals surface area contributed by atoms with E-state index in [9.17, 15) is 18.0 Å². The third kappa shape index (κ3) is 5.96. The van der Waals surface area contributed by atoms with E-state index >= 15 is 0 Å². The maximum absolute atomic E-state index is 11.8. The van der Waals surface area contributed by atoms with Gasteiger partial charge < -0.3 is 10.4 Å². The van der Waals surface area contributed by atoms with Gasteiger partial charge in [-0.15, -0.1) is 0 Å². The maximum Gasteiger partial charge on any atom is 0.309 e. The van der Waals surface area contributed by atoms with Crippen LogP contribution in [0.4, 0.5) is 0 Å². The Morgan fingerprint density at radius 2 is 1.75 bits per heavy atom. The molecule has 0 spiro atoms. The first-order chi connectivity index (χ1) is 11.1. The van der Waals surface area contributed by atoms with Crippen LogP contribution in [0.15, 0.2) is 29.2 Å². The van der Waals surface area contributed by atoms with Gasteiger partial charge in [0.2, 0.25) is 5.91 Å². The van der Waals surface area contributed by atoms with Crippen molar-refractivity contribution in [3.05, 3.63) is 29.8 Å². The van der Waals surface area contributed by atoms with Crippen molar-refractivity contribution in [2.45, 2.75) is 44.9 Å². The van der Waals surface area contributed by atoms with Gasteiger partial charge in [0.1, 0.15) is 0 Å². The largest absolute Gasteiger partial charge is 0.481 e. The highest BCUT2D eigenvalue weighted by Gasteiger charge is 2.26. The Labute approximate surface area is 143 Å². The number of carbonyl (C=O) groups is 2. The predicted octanol–water partition coefficient (Wildman–Crippen LogP) is 2.03. The van der Waals surface area contributed by atoms with Gasteiger partial charge in [-0.2, -0.15) is 0 Å². The van der Waals surface area contributed by atoms with Crippen LogP contribution in [-0.4, -0.2) is 37.7 Å². The van der Waals surface area contributed by atoms with E-state index in [-0.39, 0.29) is 23.0 Å². The fraction of sp³-hybridized carbons (Fsp3) is 0.529. The Balaban J connectivity index is 2.44. The van der Waals surface area contributed by atoms with Gasteiger partial charge in [0.05, 0.1) is 16.1 Å². The van der Waals surface area contributed by atoms with Gasteiger partial charge in [0.25, 0.3) is 0 Å². The highest BCUT2D eigenvalue weighted by molar-refractivity contribution is 7.91. The van der Waals surface area contributed by atoms with Crippen LogP contribution < -0.4 is 5.32 Å². The van der Waals surface area contributed by atoms with Crippen molar-refractivity contribution >= 4 is 21.7 Å². The lowest BCUT2D eigenvalue weighted by Gasteiger charge is -2.18. The number of amides is 1. The Morgan fingerprint density at radius 1 is 1.17 bits per heavy atom. The minimum Gasteiger partial charge on any atom is -0.481 e. The second kappa shape index (κ2) is 8.28. The van der Waals surface area contributed by atoms with E-state index in [0.717, 1.165) is 5.56 Å². The molecule has 0 radical (unpaired) electrons. The molecular weight excluding hydrogens is 330 g/mol. The van der Waals surface area contributed by atoms with Crippen molar-refractivity contribution in [1.82, 2.24) is 5.32 Å². The fourth-order valence-electron chi connectivity index (χ4n) is 2.00. The molecule has 24 heavy (non-hydrogen) atoms. The van der Waals surface area contributed by atoms with Crippen molar-refractivity contribution in [3.63, 3.8) is 0 Å². The molecule has 0 aliphatic rings. The number of rotatable bonds is 9. The molecule has 0 saturated heterocycles. The molecule has 1 rings (SSSR count). The highest BCUT2D eigenvalue weighted by atomic mass is 32.2. The van der Waals surface area contributed by atoms with Gasteiger partial charge in [-0.05, 0) is 44.4 Å². The highest BCUT2D eigenvalue weighted by Crippen LogP contribution is 2.19. The molecule has 0 heterocycles. The second-order valence-electron chi connectivity index (χ2n) is 6.34. The first kappa shape index (κ1) is 20.2. The number of carboxylic acids is 1. The van der Waals surface area contributed by atoms with Crippen molar-refractivity contribution < 1.29 is 23.1 Å². The Kier molecular flexibility index (Phi) is 6.95. The van der Waals surface area contributed by atoms with Crippen LogP contribution in [0.1, 0.15) is 39.2 Å². The van der Waals surface area contributed by atoms with E-state index < -0.39 is 21.2 Å². The van der Waals surface area contributed by atoms with Crippen LogP contribution in [-0.2, 0) is 25.8 Å². The second-order valence-corrected chi connectivity index (χ2v) is 8.61. The number of benzene rings is 1. The lowest BCUT2D eigenvalue weighted by Crippen LogP contribution is -2.32. The van der Waals surface area contributed by atoms with Crippen molar-refractivity contribution in [1.29, 1.82) is 0 Å². The third-order valence-corrected chi connectivity index (χ3v) is 5.70. The average molecular weight is 355 g/mol. The van der Waals surface area contributed by atoms with Crippen molar-refractivity contribution in [2.24, 2.45) is 5.41 Å². The van der Waals surface area contributed by atoms with Gasteiger partial charge >= 0.3 is 5.97 Å². The van der Waals surface area contributed by atoms with Crippen LogP contribution in [0.5, 0.6) is 0 Å². The van der Waals surface area contributed by atoms with E-state index in [1.54, 1.807) is 45.0 Å². The number of carbonyl (C=O) groups excluding carboxylic acids is 1. The molecule has 6 nitrogen and oxygen atoms in total. The smallest absolute Gasteiger partial charge is 0.309 e. The molecular formula is C17H25NO5S. The molecule has 0 bridgehead atoms. The SMILES string of the molecule is CCS(=O)(=O)c1ccc(CCC(=O)NCCC(C)(C)C(=O)O)cc1. The number of carboxylic acid groups (broad SMARTS) is 1. The molecule has 0 atom stereocenters. The fourth-order valence-corrected chi connectivity index (χ4v) is 2.88. The molecule has 1 amide bonds. The number of nitrogens with one attached hydrogen (secondary N) is 1. The van der Waals surface area contributed by atoms with Crippen molar-refractivity contribution in [3.8, 4) is 0 Å². The lowest BCUT2D eigenvalue weighted by molar-refractivity contribution is -0.147. The number of hydrogen-bond acceptors (Lipinski definition) is 4. The zero-order chi connectivity index (χ0) is 18.4. The molecule has 1 aromatic rings. The molecule has 0 saturated carbocycles. The molecule has 0 aliphatic heterocycles. The van der Waals surface area contributed by atoms with Crippen LogP contribution in [0.2, 0.25) is 0 Å². The molecule has 0 unspecified atom stereocenters. The summed E-state index contributed by atoms with van der Waals surface area (Å²) in [5.41, 5.74) is 0.0134. The Bertz CT molecular complexity index is 677. The number of sulfone groups is 1. The molecule has 134 valence electrons. The number of aliphatic carboxylic acids is 1. The van der Waals surface area contributed by atoms with E-state index in [0.29, 0.717) is 19.4 Å². The summed E-state index contributed by atoms with van der Waals surface area (Å²) in [7, 11) is -3.21. The summed E-state index contributed by atoms with van der Waals surface area (Å²) in [6, 6.07) is 6.54. The van der Waals surface area contributed by atoms with Crippen LogP contribution in [0.25, 0.3) is 0 Å². The summed E-state index contributed by atoms with van der Waals surface area (Å²) in [5.74, 6) is -0.984. The number of hydrogen-bond donors (Lipinski definition) is 2. The van der Waals surface area contributed by atoms with Crippen LogP contribution in [0.3, 0.4) is 0 Å². The van der Waals surface area contributed by atoms with Crippen molar-refractivity contribution in [2.75, 3.05) is 12.3 Å². The molecule has 1 aromatic carbocycles. The monoisotopic (exact) mass is 355 g/mol. The van der Waals surface area contributed by atoms with Gasteiger partial charge in [0.15, 0.2) is 9.84 Å². The van der Waals surface area contributed by atoms with Gasteiger partial charge in [-0.25, -0.2) is 8.42 Å². The van der Waals surface area contributed by atoms with Gasteiger partial charge in [-0.1, -0.05) is 19.1 Å². The molecule has 0 aliphatic carbocycles. The predicted molar refractivity (Wildman–Crippen MR) is 91.5 cm³/mol. The summed E-state index contributed by atoms with van der Waals surface area (Å²) >= 11 is 0. The van der Waals surface area contributed by atoms with E-state index in [2.05, 4.69) is 5.32 Å². The normalized spacial score (nSPS) is 12.0. The molecule has 2 N–H and O–H groups in total. The summed E-state index contributed by atoms with van der Waals surface area (Å²) in [6.45, 7) is 5.14. The summed E-state index contributed by atoms with van der Waals surface area (Å²) in [5, 5.41) is 11.7. The van der Waals surface area contributed by atoms with Crippen LogP contribution >= 0.6 is 0 Å². The Morgan fingerprint density at radius 3 is 2.25 bits per heavy atom. The minimum atomic E-state index is -3.21. The Hall–Kier alpha value is -1.89. The molecule has 7 heteroatoms. The maximum atomic E-state index is 11.8. The van der Waals surface area contributed by atoms with Gasteiger partial charge in [-0.3, -0.25) is 9.59 Å². The minimum absolute atomic E-state index is 0.0570. The van der Waals surface area contributed by atoms with Crippen LogP contribution in [0, 0.1) is 5.41 Å². The average Bonchev–Trinajstić information content (AvgIpc) is 2.53.